The van der Waals surface area contributed by atoms with Gasteiger partial charge in [-0.05, 0) is 73.6 Å². The van der Waals surface area contributed by atoms with Gasteiger partial charge in [0.25, 0.3) is 0 Å². The van der Waals surface area contributed by atoms with Crippen molar-refractivity contribution in [2.24, 2.45) is 29.0 Å². The quantitative estimate of drug-likeness (QED) is 0.0292. The molecule has 1 heterocycles. The van der Waals surface area contributed by atoms with Gasteiger partial charge in [-0.2, -0.15) is 24.4 Å². The second-order valence-electron chi connectivity index (χ2n) is 19.8. The first-order valence-corrected chi connectivity index (χ1v) is 27.6. The number of para-hydroxylation sites is 1. The maximum Gasteiger partial charge on any atom is 0.327 e. The number of thioether (sulfide) groups is 1. The third kappa shape index (κ3) is 21.8. The third-order valence-electron chi connectivity index (χ3n) is 12.4. The van der Waals surface area contributed by atoms with Gasteiger partial charge in [-0.1, -0.05) is 76.2 Å². The Kier molecular flexibility index (Phi) is 27.3. The van der Waals surface area contributed by atoms with Crippen LogP contribution in [0.2, 0.25) is 0 Å². The zero-order valence-electron chi connectivity index (χ0n) is 45.0. The van der Waals surface area contributed by atoms with Crippen LogP contribution in [-0.2, 0) is 65.6 Å². The van der Waals surface area contributed by atoms with Crippen LogP contribution < -0.4 is 59.7 Å². The molecule has 0 saturated carbocycles. The molecule has 10 atom stereocenters. The van der Waals surface area contributed by atoms with E-state index >= 15 is 0 Å². The van der Waals surface area contributed by atoms with Gasteiger partial charge in [0.1, 0.15) is 48.3 Å². The van der Waals surface area contributed by atoms with Crippen molar-refractivity contribution in [3.63, 3.8) is 0 Å². The van der Waals surface area contributed by atoms with Crippen molar-refractivity contribution >= 4 is 100 Å². The number of thiol groups is 1. The first-order valence-electron chi connectivity index (χ1n) is 25.6. The van der Waals surface area contributed by atoms with Gasteiger partial charge in [0.15, 0.2) is 0 Å². The number of nitrogens with one attached hydrogen (secondary N) is 9. The number of aliphatic carboxylic acids is 1. The van der Waals surface area contributed by atoms with Crippen LogP contribution in [0.25, 0.3) is 10.9 Å². The van der Waals surface area contributed by atoms with Crippen LogP contribution in [0.5, 0.6) is 0 Å². The number of carbonyl (C=O) groups is 11. The van der Waals surface area contributed by atoms with E-state index in [0.29, 0.717) is 16.5 Å². The van der Waals surface area contributed by atoms with Crippen molar-refractivity contribution in [2.45, 2.75) is 140 Å². The van der Waals surface area contributed by atoms with Gasteiger partial charge in [-0.15, -0.1) is 0 Å². The average Bonchev–Trinajstić information content (AvgIpc) is 3.82. The highest BCUT2D eigenvalue weighted by Gasteiger charge is 2.37. The standard InChI is InChI=1S/C52H76N12O13S2/c1-26(2)20-36(47(71)57-35(18-19-79-6)46(70)61-38(23-41(55)67)49(73)64-43(28(5)65)51(75)62-39(25-78)52(76)77)59-48(72)37(22-30-24-56-33-15-11-10-14-31(30)33)60-45(69)34(16-17-40(54)66)58-50(74)42(27(3)4)63-44(68)32(53)21-29-12-8-7-9-13-29/h7-15,24,26-28,32,34-39,42-43,56,65,78H,16-23,25,53H2,1-6H3,(H2,54,66)(H2,55,67)(H,57,71)(H,58,74)(H,59,72)(H,60,69)(H,61,70)(H,62,75)(H,63,68)(H,64,73)(H,76,77)/t28-,32+,34+,35+,36+,37+,38+,39+,42+,43+/m1/s1. The van der Waals surface area contributed by atoms with Crippen LogP contribution in [0.3, 0.4) is 0 Å². The molecule has 0 radical (unpaired) electrons. The molecular weight excluding hydrogens is 1060 g/mol. The van der Waals surface area contributed by atoms with E-state index in [1.54, 1.807) is 88.7 Å². The number of carbonyl (C=O) groups excluding carboxylic acids is 10. The normalized spacial score (nSPS) is 15.1. The minimum Gasteiger partial charge on any atom is -0.480 e. The number of rotatable bonds is 34. The molecule has 0 saturated heterocycles. The van der Waals surface area contributed by atoms with E-state index in [0.717, 1.165) is 12.5 Å². The van der Waals surface area contributed by atoms with E-state index in [2.05, 4.69) is 60.1 Å². The lowest BCUT2D eigenvalue weighted by Gasteiger charge is -2.29. The molecule has 0 fully saturated rings. The van der Waals surface area contributed by atoms with Crippen LogP contribution in [0, 0.1) is 11.8 Å². The molecule has 0 aliphatic rings. The van der Waals surface area contributed by atoms with Gasteiger partial charge in [-0.25, -0.2) is 4.79 Å². The Balaban J connectivity index is 1.95. The summed E-state index contributed by atoms with van der Waals surface area (Å²) in [6.07, 6.45) is 0.179. The molecule has 1 aromatic heterocycles. The highest BCUT2D eigenvalue weighted by Crippen LogP contribution is 2.20. The number of hydrogen-bond donors (Lipinski definition) is 15. The fourth-order valence-electron chi connectivity index (χ4n) is 8.12. The monoisotopic (exact) mass is 1140 g/mol. The number of aliphatic hydroxyl groups excluding tert-OH is 1. The third-order valence-corrected chi connectivity index (χ3v) is 13.4. The minimum absolute atomic E-state index is 0.0116. The summed E-state index contributed by atoms with van der Waals surface area (Å²) in [6, 6.07) is 3.10. The van der Waals surface area contributed by atoms with Crippen LogP contribution in [-0.4, -0.2) is 158 Å². The number of carboxylic acid groups (broad SMARTS) is 1. The first-order chi connectivity index (χ1) is 37.3. The van der Waals surface area contributed by atoms with Gasteiger partial charge < -0.3 is 74.9 Å². The number of fused-ring (bicyclic) bond motifs is 1. The van der Waals surface area contributed by atoms with Crippen LogP contribution in [0.4, 0.5) is 0 Å². The molecule has 17 N–H and O–H groups in total. The number of aliphatic hydroxyl groups is 1. The van der Waals surface area contributed by atoms with Gasteiger partial charge in [0.2, 0.25) is 59.1 Å². The zero-order chi connectivity index (χ0) is 59.1. The Morgan fingerprint density at radius 2 is 1.10 bits per heavy atom. The van der Waals surface area contributed by atoms with E-state index < -0.39 is 138 Å². The fourth-order valence-corrected chi connectivity index (χ4v) is 8.83. The van der Waals surface area contributed by atoms with Gasteiger partial charge in [0.05, 0.1) is 18.6 Å². The Labute approximate surface area is 467 Å². The second-order valence-corrected chi connectivity index (χ2v) is 21.1. The Morgan fingerprint density at radius 3 is 1.67 bits per heavy atom. The molecular formula is C52H76N12O13S2. The van der Waals surface area contributed by atoms with Crippen molar-refractivity contribution < 1.29 is 63.0 Å². The number of aromatic nitrogens is 1. The van der Waals surface area contributed by atoms with E-state index in [1.807, 2.05) is 6.07 Å². The summed E-state index contributed by atoms with van der Waals surface area (Å²) in [5, 5.41) is 40.5. The van der Waals surface area contributed by atoms with Crippen LogP contribution >= 0.6 is 24.4 Å². The maximum atomic E-state index is 14.7. The first kappa shape index (κ1) is 66.1. The summed E-state index contributed by atoms with van der Waals surface area (Å²) in [4.78, 5) is 150. The molecule has 3 aromatic rings. The summed E-state index contributed by atoms with van der Waals surface area (Å²) >= 11 is 5.20. The molecule has 25 nitrogen and oxygen atoms in total. The number of carboxylic acids is 1. The van der Waals surface area contributed by atoms with Crippen molar-refractivity contribution in [2.75, 3.05) is 17.8 Å². The molecule has 27 heteroatoms. The largest absolute Gasteiger partial charge is 0.480 e. The van der Waals surface area contributed by atoms with Gasteiger partial charge in [0, 0.05) is 35.7 Å². The van der Waals surface area contributed by atoms with Crippen molar-refractivity contribution in [1.82, 2.24) is 47.5 Å². The molecule has 0 spiro atoms. The van der Waals surface area contributed by atoms with Crippen molar-refractivity contribution in [1.29, 1.82) is 0 Å². The van der Waals surface area contributed by atoms with Crippen LogP contribution in [0.1, 0.15) is 77.8 Å². The Morgan fingerprint density at radius 1 is 0.595 bits per heavy atom. The Hall–Kier alpha value is -7.23. The van der Waals surface area contributed by atoms with Crippen molar-refractivity contribution in [3.8, 4) is 0 Å². The molecule has 434 valence electrons. The van der Waals surface area contributed by atoms with E-state index in [9.17, 15) is 63.0 Å². The number of H-pyrrole nitrogens is 1. The molecule has 0 aliphatic carbocycles. The highest BCUT2D eigenvalue weighted by molar-refractivity contribution is 7.98. The number of nitrogens with two attached hydrogens (primary N) is 3. The van der Waals surface area contributed by atoms with E-state index in [-0.39, 0.29) is 55.9 Å². The average molecular weight is 1140 g/mol. The number of hydrogen-bond acceptors (Lipinski definition) is 15. The van der Waals surface area contributed by atoms with E-state index in [1.165, 1.54) is 11.8 Å². The summed E-state index contributed by atoms with van der Waals surface area (Å²) in [6.45, 7) is 7.99. The molecule has 0 bridgehead atoms. The number of benzene rings is 2. The predicted molar refractivity (Wildman–Crippen MR) is 298 cm³/mol. The number of amides is 10. The lowest BCUT2D eigenvalue weighted by molar-refractivity contribution is -0.142. The second kappa shape index (κ2) is 32.6. The predicted octanol–water partition coefficient (Wildman–Crippen LogP) is -1.85. The molecule has 2 aromatic carbocycles. The number of aromatic amines is 1. The highest BCUT2D eigenvalue weighted by atomic mass is 32.2. The van der Waals surface area contributed by atoms with Crippen LogP contribution in [0.15, 0.2) is 60.8 Å². The SMILES string of the molecule is CSCC[C@H](NC(=O)[C@H](CC(C)C)NC(=O)[C@H](Cc1c[nH]c2ccccc12)NC(=O)[C@H](CCC(N)=O)NC(=O)[C@@H](NC(=O)[C@@H](N)Cc1ccccc1)C(C)C)C(=O)N[C@@H](CC(N)=O)C(=O)N[C@H](C(=O)N[C@@H](CS)C(=O)O)[C@@H](C)O. The Bertz CT molecular complexity index is 2600. The fraction of sp³-hybridized carbons (Fsp3) is 0.519. The summed E-state index contributed by atoms with van der Waals surface area (Å²) < 4.78 is 0. The topological polar surface area (TPSA) is 418 Å². The lowest BCUT2D eigenvalue weighted by atomic mass is 9.99. The lowest BCUT2D eigenvalue weighted by Crippen LogP contribution is -2.62. The minimum atomic E-state index is -1.78. The summed E-state index contributed by atoms with van der Waals surface area (Å²) in [5.74, 6) is -11.5. The summed E-state index contributed by atoms with van der Waals surface area (Å²) in [5.41, 5.74) is 19.2. The maximum absolute atomic E-state index is 14.7. The summed E-state index contributed by atoms with van der Waals surface area (Å²) in [7, 11) is 0. The molecule has 0 aliphatic heterocycles. The zero-order valence-corrected chi connectivity index (χ0v) is 46.7. The molecule has 3 rings (SSSR count). The van der Waals surface area contributed by atoms with Gasteiger partial charge in [-0.3, -0.25) is 47.9 Å². The van der Waals surface area contributed by atoms with Gasteiger partial charge >= 0.3 is 5.97 Å². The van der Waals surface area contributed by atoms with E-state index in [4.69, 9.17) is 17.2 Å². The molecule has 79 heavy (non-hydrogen) atoms. The van der Waals surface area contributed by atoms with Crippen molar-refractivity contribution in [3.05, 3.63) is 71.9 Å². The molecule has 10 amide bonds. The smallest absolute Gasteiger partial charge is 0.327 e. The molecule has 0 unspecified atom stereocenters. The number of primary amides is 2.